The van der Waals surface area contributed by atoms with E-state index in [0.29, 0.717) is 34.5 Å². The highest BCUT2D eigenvalue weighted by molar-refractivity contribution is 6.35. The molecule has 0 saturated carbocycles. The number of hydrogen-bond acceptors (Lipinski definition) is 4. The normalized spacial score (nSPS) is 10.4. The molecular formula is C15H16Cl2N4O3. The van der Waals surface area contributed by atoms with Crippen LogP contribution in [0.4, 0.5) is 5.69 Å². The van der Waals surface area contributed by atoms with Crippen molar-refractivity contribution in [3.63, 3.8) is 0 Å². The van der Waals surface area contributed by atoms with E-state index in [9.17, 15) is 9.59 Å². The molecule has 0 aliphatic heterocycles. The molecule has 1 aromatic heterocycles. The Labute approximate surface area is 148 Å². The van der Waals surface area contributed by atoms with Crippen molar-refractivity contribution in [2.45, 2.75) is 19.4 Å². The second-order valence-corrected chi connectivity index (χ2v) is 5.81. The average molecular weight is 371 g/mol. The molecule has 0 unspecified atom stereocenters. The van der Waals surface area contributed by atoms with Crippen LogP contribution >= 0.6 is 23.2 Å². The number of carbonyl (C=O) groups excluding carboxylic acids is 2. The number of amides is 2. The van der Waals surface area contributed by atoms with Gasteiger partial charge >= 0.3 is 0 Å². The summed E-state index contributed by atoms with van der Waals surface area (Å²) < 4.78 is 6.85. The van der Waals surface area contributed by atoms with Crippen LogP contribution in [0, 0.1) is 0 Å². The van der Waals surface area contributed by atoms with Crippen LogP contribution in [-0.4, -0.2) is 28.2 Å². The Balaban J connectivity index is 1.71. The Morgan fingerprint density at radius 3 is 2.83 bits per heavy atom. The molecule has 0 bridgehead atoms. The number of halogens is 2. The molecule has 1 heterocycles. The lowest BCUT2D eigenvalue weighted by molar-refractivity contribution is -0.118. The van der Waals surface area contributed by atoms with Gasteiger partial charge < -0.3 is 15.8 Å². The Bertz CT molecular complexity index is 733. The molecule has 9 heteroatoms. The molecule has 1 aromatic carbocycles. The summed E-state index contributed by atoms with van der Waals surface area (Å²) in [5.41, 5.74) is 5.57. The van der Waals surface area contributed by atoms with Gasteiger partial charge in [-0.15, -0.1) is 0 Å². The highest BCUT2D eigenvalue weighted by Crippen LogP contribution is 2.27. The van der Waals surface area contributed by atoms with Gasteiger partial charge in [0, 0.05) is 17.6 Å². The first-order valence-electron chi connectivity index (χ1n) is 7.12. The van der Waals surface area contributed by atoms with Crippen LogP contribution in [0.3, 0.4) is 0 Å². The zero-order chi connectivity index (χ0) is 17.5. The van der Waals surface area contributed by atoms with E-state index < -0.39 is 5.91 Å². The molecule has 128 valence electrons. The molecule has 2 amide bonds. The van der Waals surface area contributed by atoms with E-state index >= 15 is 0 Å². The number of ether oxygens (including phenoxy) is 1. The number of nitrogens with one attached hydrogen (secondary N) is 1. The zero-order valence-corrected chi connectivity index (χ0v) is 14.2. The first-order chi connectivity index (χ1) is 11.4. The van der Waals surface area contributed by atoms with Crippen molar-refractivity contribution in [1.29, 1.82) is 0 Å². The van der Waals surface area contributed by atoms with Crippen molar-refractivity contribution in [2.75, 3.05) is 11.9 Å². The van der Waals surface area contributed by atoms with Gasteiger partial charge in [-0.25, -0.2) is 0 Å². The SMILES string of the molecule is NC(=O)Cn1cc(NC(=O)CCCOc2ccc(Cl)cc2Cl)cn1. The molecular weight excluding hydrogens is 355 g/mol. The number of nitrogens with two attached hydrogens (primary N) is 1. The summed E-state index contributed by atoms with van der Waals surface area (Å²) in [7, 11) is 0. The van der Waals surface area contributed by atoms with Crippen molar-refractivity contribution in [2.24, 2.45) is 5.73 Å². The van der Waals surface area contributed by atoms with Crippen LogP contribution in [-0.2, 0) is 16.1 Å². The molecule has 7 nitrogen and oxygen atoms in total. The van der Waals surface area contributed by atoms with Crippen molar-refractivity contribution in [1.82, 2.24) is 9.78 Å². The summed E-state index contributed by atoms with van der Waals surface area (Å²) in [5.74, 6) is -0.164. The summed E-state index contributed by atoms with van der Waals surface area (Å²) in [6.07, 6.45) is 3.77. The van der Waals surface area contributed by atoms with Crippen LogP contribution in [0.1, 0.15) is 12.8 Å². The van der Waals surface area contributed by atoms with Gasteiger partial charge in [-0.05, 0) is 24.6 Å². The van der Waals surface area contributed by atoms with E-state index in [1.165, 1.54) is 17.1 Å². The van der Waals surface area contributed by atoms with E-state index in [4.69, 9.17) is 33.7 Å². The first-order valence-corrected chi connectivity index (χ1v) is 7.88. The highest BCUT2D eigenvalue weighted by Gasteiger charge is 2.07. The van der Waals surface area contributed by atoms with Gasteiger partial charge in [0.25, 0.3) is 0 Å². The lowest BCUT2D eigenvalue weighted by atomic mass is 10.3. The van der Waals surface area contributed by atoms with Crippen molar-refractivity contribution < 1.29 is 14.3 Å². The second kappa shape index (κ2) is 8.56. The van der Waals surface area contributed by atoms with Crippen molar-refractivity contribution in [3.8, 4) is 5.75 Å². The minimum atomic E-state index is -0.506. The van der Waals surface area contributed by atoms with Gasteiger partial charge in [-0.1, -0.05) is 23.2 Å². The fraction of sp³-hybridized carbons (Fsp3) is 0.267. The van der Waals surface area contributed by atoms with E-state index in [2.05, 4.69) is 10.4 Å². The number of benzene rings is 1. The van der Waals surface area contributed by atoms with E-state index in [-0.39, 0.29) is 18.9 Å². The van der Waals surface area contributed by atoms with Gasteiger partial charge in [-0.2, -0.15) is 5.10 Å². The van der Waals surface area contributed by atoms with Crippen LogP contribution < -0.4 is 15.8 Å². The van der Waals surface area contributed by atoms with E-state index in [0.717, 1.165) is 0 Å². The summed E-state index contributed by atoms with van der Waals surface area (Å²) in [4.78, 5) is 22.6. The topological polar surface area (TPSA) is 99.2 Å². The molecule has 3 N–H and O–H groups in total. The number of rotatable bonds is 8. The Hall–Kier alpha value is -2.25. The van der Waals surface area contributed by atoms with Gasteiger partial charge in [0.2, 0.25) is 11.8 Å². The number of hydrogen-bond donors (Lipinski definition) is 2. The van der Waals surface area contributed by atoms with E-state index in [1.807, 2.05) is 0 Å². The van der Waals surface area contributed by atoms with Gasteiger partial charge in [-0.3, -0.25) is 14.3 Å². The summed E-state index contributed by atoms with van der Waals surface area (Å²) in [5, 5.41) is 7.55. The molecule has 2 aromatic rings. The Morgan fingerprint density at radius 2 is 2.12 bits per heavy atom. The number of aromatic nitrogens is 2. The molecule has 0 aliphatic rings. The van der Waals surface area contributed by atoms with E-state index in [1.54, 1.807) is 18.2 Å². The minimum absolute atomic E-state index is 0.0361. The number of anilines is 1. The fourth-order valence-electron chi connectivity index (χ4n) is 1.90. The quantitative estimate of drug-likeness (QED) is 0.697. The van der Waals surface area contributed by atoms with Gasteiger partial charge in [0.15, 0.2) is 0 Å². The summed E-state index contributed by atoms with van der Waals surface area (Å²) in [6, 6.07) is 4.95. The molecule has 0 aliphatic carbocycles. The van der Waals surface area contributed by atoms with Crippen molar-refractivity contribution >= 4 is 40.7 Å². The first kappa shape index (κ1) is 18.1. The molecule has 0 saturated heterocycles. The number of primary amides is 1. The standard InChI is InChI=1S/C15H16Cl2N4O3/c16-10-3-4-13(12(17)6-10)24-5-1-2-15(23)20-11-7-19-21(8-11)9-14(18)22/h3-4,6-8H,1-2,5,9H2,(H2,18,22)(H,20,23). The molecule has 0 fully saturated rings. The van der Waals surface area contributed by atoms with Gasteiger partial charge in [0.1, 0.15) is 12.3 Å². The lowest BCUT2D eigenvalue weighted by Crippen LogP contribution is -2.18. The van der Waals surface area contributed by atoms with Crippen LogP contribution in [0.15, 0.2) is 30.6 Å². The Morgan fingerprint density at radius 1 is 1.33 bits per heavy atom. The molecule has 0 radical (unpaired) electrons. The van der Waals surface area contributed by atoms with Crippen LogP contribution in [0.5, 0.6) is 5.75 Å². The van der Waals surface area contributed by atoms with Crippen LogP contribution in [0.25, 0.3) is 0 Å². The fourth-order valence-corrected chi connectivity index (χ4v) is 2.37. The molecule has 0 atom stereocenters. The predicted octanol–water partition coefficient (Wildman–Crippen LogP) is 2.47. The smallest absolute Gasteiger partial charge is 0.239 e. The largest absolute Gasteiger partial charge is 0.492 e. The molecule has 0 spiro atoms. The number of carbonyl (C=O) groups is 2. The Kier molecular flexibility index (Phi) is 6.45. The molecule has 2 rings (SSSR count). The molecule has 24 heavy (non-hydrogen) atoms. The van der Waals surface area contributed by atoms with Crippen LogP contribution in [0.2, 0.25) is 10.0 Å². The van der Waals surface area contributed by atoms with Gasteiger partial charge in [0.05, 0.1) is 23.5 Å². The third-order valence-corrected chi connectivity index (χ3v) is 3.46. The minimum Gasteiger partial charge on any atom is -0.492 e. The maximum atomic E-state index is 11.8. The zero-order valence-electron chi connectivity index (χ0n) is 12.7. The second-order valence-electron chi connectivity index (χ2n) is 4.97. The number of nitrogens with zero attached hydrogens (tertiary/aromatic N) is 2. The monoisotopic (exact) mass is 370 g/mol. The van der Waals surface area contributed by atoms with Crippen molar-refractivity contribution in [3.05, 3.63) is 40.6 Å². The summed E-state index contributed by atoms with van der Waals surface area (Å²) in [6.45, 7) is 0.307. The summed E-state index contributed by atoms with van der Waals surface area (Å²) >= 11 is 11.8. The third-order valence-electron chi connectivity index (χ3n) is 2.93. The maximum absolute atomic E-state index is 11.8. The lowest BCUT2D eigenvalue weighted by Gasteiger charge is -2.08. The third kappa shape index (κ3) is 5.75. The average Bonchev–Trinajstić information content (AvgIpc) is 2.91. The highest BCUT2D eigenvalue weighted by atomic mass is 35.5. The predicted molar refractivity (Wildman–Crippen MR) is 91.2 cm³/mol. The maximum Gasteiger partial charge on any atom is 0.239 e.